The molecule has 3 atom stereocenters. The van der Waals surface area contributed by atoms with E-state index in [0.29, 0.717) is 19.5 Å². The topological polar surface area (TPSA) is 66.6 Å². The molecule has 0 bridgehead atoms. The highest BCUT2D eigenvalue weighted by Crippen LogP contribution is 2.43. The molecule has 0 amide bonds. The third-order valence-electron chi connectivity index (χ3n) is 4.38. The van der Waals surface area contributed by atoms with Crippen molar-refractivity contribution in [2.75, 3.05) is 18.0 Å². The monoisotopic (exact) mass is 284 g/mol. The SMILES string of the molecule is O=[N+]([O-])c1ccc(F)c(F)c1N1CC2CCC(O)C2C1. The zero-order chi connectivity index (χ0) is 14.4. The number of rotatable bonds is 2. The zero-order valence-corrected chi connectivity index (χ0v) is 10.6. The van der Waals surface area contributed by atoms with Crippen LogP contribution < -0.4 is 4.90 Å². The summed E-state index contributed by atoms with van der Waals surface area (Å²) < 4.78 is 27.3. The van der Waals surface area contributed by atoms with E-state index < -0.39 is 28.3 Å². The highest BCUT2D eigenvalue weighted by atomic mass is 19.2. The van der Waals surface area contributed by atoms with Gasteiger partial charge in [0.25, 0.3) is 5.69 Å². The first kappa shape index (κ1) is 13.2. The number of aliphatic hydroxyl groups is 1. The molecule has 3 rings (SSSR count). The number of benzene rings is 1. The van der Waals surface area contributed by atoms with Gasteiger partial charge in [-0.1, -0.05) is 0 Å². The second-order valence-corrected chi connectivity index (χ2v) is 5.46. The molecule has 0 radical (unpaired) electrons. The van der Waals surface area contributed by atoms with E-state index in [2.05, 4.69) is 0 Å². The number of nitrogens with zero attached hydrogens (tertiary/aromatic N) is 2. The summed E-state index contributed by atoms with van der Waals surface area (Å²) in [6.07, 6.45) is 1.06. The lowest BCUT2D eigenvalue weighted by atomic mass is 10.00. The average molecular weight is 284 g/mol. The fourth-order valence-electron chi connectivity index (χ4n) is 3.40. The van der Waals surface area contributed by atoms with Gasteiger partial charge in [-0.05, 0) is 24.8 Å². The van der Waals surface area contributed by atoms with Crippen LogP contribution in [0.3, 0.4) is 0 Å². The van der Waals surface area contributed by atoms with Crippen molar-refractivity contribution in [2.45, 2.75) is 18.9 Å². The van der Waals surface area contributed by atoms with Crippen molar-refractivity contribution in [3.05, 3.63) is 33.9 Å². The first-order chi connectivity index (χ1) is 9.49. The fourth-order valence-corrected chi connectivity index (χ4v) is 3.40. The Morgan fingerprint density at radius 2 is 2.05 bits per heavy atom. The maximum Gasteiger partial charge on any atom is 0.295 e. The number of hydrogen-bond acceptors (Lipinski definition) is 4. The number of halogens is 2. The Hall–Kier alpha value is -1.76. The largest absolute Gasteiger partial charge is 0.393 e. The molecule has 1 aliphatic carbocycles. The number of nitro groups is 1. The predicted molar refractivity (Wildman–Crippen MR) is 67.4 cm³/mol. The second-order valence-electron chi connectivity index (χ2n) is 5.46. The minimum Gasteiger partial charge on any atom is -0.393 e. The summed E-state index contributed by atoms with van der Waals surface area (Å²) in [6, 6.07) is 1.75. The van der Waals surface area contributed by atoms with Gasteiger partial charge in [-0.25, -0.2) is 8.78 Å². The quantitative estimate of drug-likeness (QED) is 0.667. The molecule has 2 fully saturated rings. The highest BCUT2D eigenvalue weighted by Gasteiger charge is 2.44. The number of hydrogen-bond donors (Lipinski definition) is 1. The molecule has 3 unspecified atom stereocenters. The zero-order valence-electron chi connectivity index (χ0n) is 10.6. The van der Waals surface area contributed by atoms with E-state index in [-0.39, 0.29) is 17.5 Å². The van der Waals surface area contributed by atoms with Gasteiger partial charge in [-0.3, -0.25) is 10.1 Å². The average Bonchev–Trinajstić information content (AvgIpc) is 2.95. The van der Waals surface area contributed by atoms with Crippen molar-refractivity contribution in [1.29, 1.82) is 0 Å². The number of nitro benzene ring substituents is 1. The maximum absolute atomic E-state index is 14.0. The van der Waals surface area contributed by atoms with Crippen LogP contribution in [0.4, 0.5) is 20.2 Å². The Bertz CT molecular complexity index is 567. The van der Waals surface area contributed by atoms with Gasteiger partial charge in [0.15, 0.2) is 17.3 Å². The Kier molecular flexibility index (Phi) is 3.08. The molecule has 0 spiro atoms. The van der Waals surface area contributed by atoms with E-state index in [1.165, 1.54) is 4.90 Å². The summed E-state index contributed by atoms with van der Waals surface area (Å²) >= 11 is 0. The van der Waals surface area contributed by atoms with Crippen LogP contribution in [0.1, 0.15) is 12.8 Å². The fraction of sp³-hybridized carbons (Fsp3) is 0.538. The first-order valence-corrected chi connectivity index (χ1v) is 6.54. The van der Waals surface area contributed by atoms with Gasteiger partial charge < -0.3 is 10.0 Å². The summed E-state index contributed by atoms with van der Waals surface area (Å²) in [6.45, 7) is 0.746. The molecule has 1 aliphatic heterocycles. The van der Waals surface area contributed by atoms with Crippen LogP contribution in [0.25, 0.3) is 0 Å². The number of fused-ring (bicyclic) bond motifs is 1. The molecule has 2 aliphatic rings. The normalized spacial score (nSPS) is 28.8. The molecular formula is C13H14F2N2O3. The Balaban J connectivity index is 1.98. The second kappa shape index (κ2) is 4.66. The van der Waals surface area contributed by atoms with Crippen molar-refractivity contribution in [1.82, 2.24) is 0 Å². The van der Waals surface area contributed by atoms with Crippen LogP contribution in [-0.4, -0.2) is 29.2 Å². The Morgan fingerprint density at radius 1 is 1.30 bits per heavy atom. The van der Waals surface area contributed by atoms with E-state index in [1.54, 1.807) is 0 Å². The van der Waals surface area contributed by atoms with Crippen molar-refractivity contribution < 1.29 is 18.8 Å². The standard InChI is InChI=1S/C13H14F2N2O3/c14-9-2-3-10(17(19)20)13(12(9)15)16-5-7-1-4-11(18)8(7)6-16/h2-3,7-8,11,18H,1,4-6H2. The smallest absolute Gasteiger partial charge is 0.295 e. The predicted octanol–water partition coefficient (Wildman–Crippen LogP) is 2.08. The van der Waals surface area contributed by atoms with E-state index in [4.69, 9.17) is 0 Å². The first-order valence-electron chi connectivity index (χ1n) is 6.54. The molecule has 1 aromatic rings. The van der Waals surface area contributed by atoms with Crippen molar-refractivity contribution in [3.63, 3.8) is 0 Å². The third-order valence-corrected chi connectivity index (χ3v) is 4.38. The lowest BCUT2D eigenvalue weighted by Crippen LogP contribution is -2.26. The van der Waals surface area contributed by atoms with Gasteiger partial charge in [0.1, 0.15) is 0 Å². The summed E-state index contributed by atoms with van der Waals surface area (Å²) in [7, 11) is 0. The van der Waals surface area contributed by atoms with Gasteiger partial charge in [-0.15, -0.1) is 0 Å². The highest BCUT2D eigenvalue weighted by molar-refractivity contribution is 5.65. The third kappa shape index (κ3) is 1.93. The molecule has 1 saturated carbocycles. The summed E-state index contributed by atoms with van der Waals surface area (Å²) in [5, 5.41) is 20.8. The lowest BCUT2D eigenvalue weighted by molar-refractivity contribution is -0.384. The van der Waals surface area contributed by atoms with Gasteiger partial charge in [-0.2, -0.15) is 0 Å². The number of anilines is 1. The maximum atomic E-state index is 14.0. The molecule has 1 saturated heterocycles. The van der Waals surface area contributed by atoms with Crippen molar-refractivity contribution in [3.8, 4) is 0 Å². The van der Waals surface area contributed by atoms with Crippen molar-refractivity contribution >= 4 is 11.4 Å². The molecular weight excluding hydrogens is 270 g/mol. The van der Waals surface area contributed by atoms with Crippen LogP contribution in [0.5, 0.6) is 0 Å². The molecule has 1 aromatic carbocycles. The van der Waals surface area contributed by atoms with Crippen LogP contribution in [0.15, 0.2) is 12.1 Å². The minimum absolute atomic E-state index is 0.0164. The van der Waals surface area contributed by atoms with Crippen LogP contribution >= 0.6 is 0 Å². The Morgan fingerprint density at radius 3 is 2.70 bits per heavy atom. The van der Waals surface area contributed by atoms with Gasteiger partial charge >= 0.3 is 0 Å². The number of aliphatic hydroxyl groups excluding tert-OH is 1. The molecule has 0 aromatic heterocycles. The van der Waals surface area contributed by atoms with Gasteiger partial charge in [0, 0.05) is 25.1 Å². The van der Waals surface area contributed by atoms with Crippen LogP contribution in [0, 0.1) is 33.6 Å². The molecule has 1 N–H and O–H groups in total. The summed E-state index contributed by atoms with van der Waals surface area (Å²) in [4.78, 5) is 11.8. The van der Waals surface area contributed by atoms with E-state index in [1.807, 2.05) is 0 Å². The molecule has 5 nitrogen and oxygen atoms in total. The van der Waals surface area contributed by atoms with Gasteiger partial charge in [0.2, 0.25) is 0 Å². The lowest BCUT2D eigenvalue weighted by Gasteiger charge is -2.21. The molecule has 20 heavy (non-hydrogen) atoms. The van der Waals surface area contributed by atoms with E-state index in [9.17, 15) is 24.0 Å². The van der Waals surface area contributed by atoms with E-state index in [0.717, 1.165) is 18.6 Å². The molecule has 1 heterocycles. The Labute approximate surface area is 114 Å². The van der Waals surface area contributed by atoms with E-state index >= 15 is 0 Å². The molecule has 7 heteroatoms. The summed E-state index contributed by atoms with van der Waals surface area (Å²) in [5.41, 5.74) is -0.727. The molecule has 108 valence electrons. The minimum atomic E-state index is -1.19. The summed E-state index contributed by atoms with van der Waals surface area (Å²) in [5.74, 6) is -2.11. The van der Waals surface area contributed by atoms with Crippen LogP contribution in [0.2, 0.25) is 0 Å². The van der Waals surface area contributed by atoms with Gasteiger partial charge in [0.05, 0.1) is 11.0 Å². The van der Waals surface area contributed by atoms with Crippen molar-refractivity contribution in [2.24, 2.45) is 11.8 Å². The van der Waals surface area contributed by atoms with Crippen LogP contribution in [-0.2, 0) is 0 Å².